The Morgan fingerprint density at radius 1 is 0.600 bits per heavy atom. The second kappa shape index (κ2) is 39.7. The number of allylic oxidation sites excluding steroid dienone is 5. The molecule has 0 spiro atoms. The molecule has 0 aromatic rings. The molecule has 1 rings (SSSR count). The third kappa shape index (κ3) is 30.0. The van der Waals surface area contributed by atoms with Crippen molar-refractivity contribution in [3.63, 3.8) is 0 Å². The minimum Gasteiger partial charge on any atom is -0.466 e. The summed E-state index contributed by atoms with van der Waals surface area (Å²) in [4.78, 5) is 24.9. The molecule has 350 valence electrons. The zero-order valence-electron chi connectivity index (χ0n) is 37.9. The number of aliphatic hydroxyl groups excluding tert-OH is 5. The molecule has 11 heteroatoms. The van der Waals surface area contributed by atoms with E-state index in [-0.39, 0.29) is 18.5 Å². The van der Waals surface area contributed by atoms with Crippen LogP contribution < -0.4 is 5.32 Å². The predicted octanol–water partition coefficient (Wildman–Crippen LogP) is 9.21. The van der Waals surface area contributed by atoms with E-state index < -0.39 is 49.5 Å². The van der Waals surface area contributed by atoms with E-state index in [1.165, 1.54) is 83.5 Å². The average molecular weight is 852 g/mol. The zero-order valence-corrected chi connectivity index (χ0v) is 37.9. The lowest BCUT2D eigenvalue weighted by Crippen LogP contribution is -2.60. The highest BCUT2D eigenvalue weighted by Crippen LogP contribution is 2.22. The molecule has 1 saturated heterocycles. The fourth-order valence-electron chi connectivity index (χ4n) is 7.23. The van der Waals surface area contributed by atoms with Crippen LogP contribution in [0, 0.1) is 0 Å². The molecule has 7 unspecified atom stereocenters. The van der Waals surface area contributed by atoms with Crippen LogP contribution in [0.25, 0.3) is 0 Å². The summed E-state index contributed by atoms with van der Waals surface area (Å²) in [6.07, 6.45) is 35.1. The first-order chi connectivity index (χ1) is 29.2. The molecule has 11 nitrogen and oxygen atoms in total. The van der Waals surface area contributed by atoms with Gasteiger partial charge in [0.1, 0.15) is 24.4 Å². The van der Waals surface area contributed by atoms with Gasteiger partial charge in [-0.05, 0) is 77.0 Å². The zero-order chi connectivity index (χ0) is 43.9. The molecule has 6 N–H and O–H groups in total. The van der Waals surface area contributed by atoms with Crippen molar-refractivity contribution in [2.45, 2.75) is 243 Å². The molecule has 0 aromatic heterocycles. The maximum atomic E-state index is 12.9. The number of esters is 1. The quantitative estimate of drug-likeness (QED) is 0.0198. The van der Waals surface area contributed by atoms with Gasteiger partial charge in [0.15, 0.2) is 6.29 Å². The van der Waals surface area contributed by atoms with Gasteiger partial charge in [-0.2, -0.15) is 0 Å². The van der Waals surface area contributed by atoms with Crippen molar-refractivity contribution in [3.05, 3.63) is 36.5 Å². The number of amides is 1. The van der Waals surface area contributed by atoms with Crippen molar-refractivity contribution < 1.29 is 49.3 Å². The van der Waals surface area contributed by atoms with Crippen LogP contribution in [0.3, 0.4) is 0 Å². The van der Waals surface area contributed by atoms with Crippen LogP contribution in [-0.4, -0.2) is 100 Å². The van der Waals surface area contributed by atoms with Gasteiger partial charge in [0.2, 0.25) is 5.91 Å². The van der Waals surface area contributed by atoms with Crippen LogP contribution in [0.5, 0.6) is 0 Å². The van der Waals surface area contributed by atoms with E-state index in [0.29, 0.717) is 25.9 Å². The molecule has 1 fully saturated rings. The smallest absolute Gasteiger partial charge is 0.305 e. The van der Waals surface area contributed by atoms with E-state index in [1.807, 2.05) is 6.08 Å². The van der Waals surface area contributed by atoms with Crippen LogP contribution in [0.2, 0.25) is 0 Å². The van der Waals surface area contributed by atoms with Crippen molar-refractivity contribution >= 4 is 11.9 Å². The molecule has 1 amide bonds. The van der Waals surface area contributed by atoms with Crippen LogP contribution in [0.15, 0.2) is 36.5 Å². The minimum atomic E-state index is -1.58. The summed E-state index contributed by atoms with van der Waals surface area (Å²) in [5.41, 5.74) is 0. The highest BCUT2D eigenvalue weighted by molar-refractivity contribution is 5.76. The van der Waals surface area contributed by atoms with Gasteiger partial charge in [0.05, 0.1) is 32.0 Å². The van der Waals surface area contributed by atoms with Crippen LogP contribution in [0.1, 0.15) is 200 Å². The molecule has 60 heavy (non-hydrogen) atoms. The molecule has 7 atom stereocenters. The minimum absolute atomic E-state index is 0.0695. The van der Waals surface area contributed by atoms with Crippen LogP contribution in [0.4, 0.5) is 0 Å². The molecule has 0 radical (unpaired) electrons. The molecule has 0 bridgehead atoms. The normalized spacial score (nSPS) is 20.7. The van der Waals surface area contributed by atoms with E-state index >= 15 is 0 Å². The summed E-state index contributed by atoms with van der Waals surface area (Å²) < 4.78 is 16.6. The summed E-state index contributed by atoms with van der Waals surface area (Å²) in [5, 5.41) is 54.0. The Morgan fingerprint density at radius 3 is 1.65 bits per heavy atom. The summed E-state index contributed by atoms with van der Waals surface area (Å²) in [6, 6.07) is -0.830. The van der Waals surface area contributed by atoms with Gasteiger partial charge in [0, 0.05) is 12.8 Å². The molecular weight excluding hydrogens is 763 g/mol. The van der Waals surface area contributed by atoms with E-state index in [2.05, 4.69) is 43.5 Å². The third-order valence-electron chi connectivity index (χ3n) is 11.2. The molecule has 1 aliphatic heterocycles. The molecule has 0 saturated carbocycles. The van der Waals surface area contributed by atoms with Crippen LogP contribution in [-0.2, 0) is 23.8 Å². The number of nitrogens with one attached hydrogen (secondary N) is 1. The summed E-state index contributed by atoms with van der Waals surface area (Å²) in [6.45, 7) is 4.15. The number of carbonyl (C=O) groups excluding carboxylic acids is 2. The number of hydrogen-bond donors (Lipinski definition) is 6. The molecule has 0 aliphatic carbocycles. The standard InChI is InChI=1S/C49H89NO10/c1-3-5-7-9-11-13-16-21-25-29-33-37-45(54)58-38-34-30-26-22-18-15-17-20-24-28-32-36-44(53)50-41(40-59-49-48(57)47(56)46(55)43(39-51)60-49)42(52)35-31-27-23-19-14-12-10-8-6-4-2/h9,11,18,22,31,35,41-43,46-49,51-52,55-57H,3-8,10,12-17,19-21,23-30,32-34,36-40H2,1-2H3,(H,50,53)/b11-9-,22-18-,35-31+. The molecular formula is C49H89NO10. The fourth-order valence-corrected chi connectivity index (χ4v) is 7.23. The first-order valence-electron chi connectivity index (χ1n) is 24.3. The Bertz CT molecular complexity index is 1100. The number of hydrogen-bond acceptors (Lipinski definition) is 10. The third-order valence-corrected chi connectivity index (χ3v) is 11.2. The van der Waals surface area contributed by atoms with Crippen molar-refractivity contribution in [1.82, 2.24) is 5.32 Å². The Balaban J connectivity index is 2.24. The Labute approximate surface area is 364 Å². The van der Waals surface area contributed by atoms with E-state index in [1.54, 1.807) is 6.08 Å². The summed E-state index contributed by atoms with van der Waals surface area (Å²) in [7, 11) is 0. The fraction of sp³-hybridized carbons (Fsp3) is 0.837. The van der Waals surface area contributed by atoms with E-state index in [4.69, 9.17) is 14.2 Å². The molecule has 1 aliphatic rings. The topological polar surface area (TPSA) is 175 Å². The molecule has 0 aromatic carbocycles. The van der Waals surface area contributed by atoms with Gasteiger partial charge in [-0.3, -0.25) is 9.59 Å². The number of aliphatic hydroxyl groups is 5. The first kappa shape index (κ1) is 55.9. The number of rotatable bonds is 40. The van der Waals surface area contributed by atoms with Gasteiger partial charge in [-0.1, -0.05) is 147 Å². The van der Waals surface area contributed by atoms with E-state index in [0.717, 1.165) is 83.5 Å². The molecule has 1 heterocycles. The SMILES string of the molecule is CCCC/C=C\CCCCCCCC(=O)OCCCC/C=C\CCCCCCCC(=O)NC(COC1OC(CO)C(O)C(O)C1O)C(O)/C=C/CCCCCCCCCC. The van der Waals surface area contributed by atoms with Crippen molar-refractivity contribution in [3.8, 4) is 0 Å². The van der Waals surface area contributed by atoms with Gasteiger partial charge in [-0.25, -0.2) is 0 Å². The van der Waals surface area contributed by atoms with Gasteiger partial charge in [0.25, 0.3) is 0 Å². The Hall–Kier alpha value is -2.12. The van der Waals surface area contributed by atoms with Crippen LogP contribution >= 0.6 is 0 Å². The average Bonchev–Trinajstić information content (AvgIpc) is 3.24. The lowest BCUT2D eigenvalue weighted by molar-refractivity contribution is -0.302. The van der Waals surface area contributed by atoms with Gasteiger partial charge in [-0.15, -0.1) is 0 Å². The largest absolute Gasteiger partial charge is 0.466 e. The maximum Gasteiger partial charge on any atom is 0.305 e. The number of unbranched alkanes of at least 4 members (excludes halogenated alkanes) is 22. The summed E-state index contributed by atoms with van der Waals surface area (Å²) >= 11 is 0. The van der Waals surface area contributed by atoms with Crippen molar-refractivity contribution in [2.75, 3.05) is 19.8 Å². The van der Waals surface area contributed by atoms with Crippen molar-refractivity contribution in [2.24, 2.45) is 0 Å². The first-order valence-corrected chi connectivity index (χ1v) is 24.3. The Morgan fingerprint density at radius 2 is 1.08 bits per heavy atom. The maximum absolute atomic E-state index is 12.9. The highest BCUT2D eigenvalue weighted by Gasteiger charge is 2.44. The second-order valence-corrected chi connectivity index (χ2v) is 16.8. The number of ether oxygens (including phenoxy) is 3. The van der Waals surface area contributed by atoms with Gasteiger partial charge < -0.3 is 45.1 Å². The van der Waals surface area contributed by atoms with Gasteiger partial charge >= 0.3 is 5.97 Å². The lowest BCUT2D eigenvalue weighted by atomic mass is 9.99. The monoisotopic (exact) mass is 852 g/mol. The Kier molecular flexibility index (Phi) is 37.0. The predicted molar refractivity (Wildman–Crippen MR) is 241 cm³/mol. The van der Waals surface area contributed by atoms with Crippen molar-refractivity contribution in [1.29, 1.82) is 0 Å². The lowest BCUT2D eigenvalue weighted by Gasteiger charge is -2.40. The summed E-state index contributed by atoms with van der Waals surface area (Å²) in [5.74, 6) is -0.284. The highest BCUT2D eigenvalue weighted by atomic mass is 16.7. The number of carbonyl (C=O) groups is 2. The van der Waals surface area contributed by atoms with E-state index in [9.17, 15) is 35.1 Å². The second-order valence-electron chi connectivity index (χ2n) is 16.8.